The van der Waals surface area contributed by atoms with Gasteiger partial charge in [-0.3, -0.25) is 19.2 Å². The van der Waals surface area contributed by atoms with Crippen LogP contribution in [0.15, 0.2) is 48.8 Å². The lowest BCUT2D eigenvalue weighted by Gasteiger charge is -2.39. The summed E-state index contributed by atoms with van der Waals surface area (Å²) in [6, 6.07) is 10.5. The maximum absolute atomic E-state index is 12.8. The minimum absolute atomic E-state index is 0.145. The van der Waals surface area contributed by atoms with E-state index in [2.05, 4.69) is 10.4 Å². The molecule has 4 amide bonds. The smallest absolute Gasteiger partial charge is 0.325 e. The Hall–Kier alpha value is -3.16. The van der Waals surface area contributed by atoms with Gasteiger partial charge in [-0.1, -0.05) is 30.3 Å². The first-order valence-electron chi connectivity index (χ1n) is 8.45. The number of carbonyl (C=O) groups excluding carboxylic acids is 3. The molecular formula is C18H19N5O3. The topological polar surface area (TPSA) is 87.5 Å². The van der Waals surface area contributed by atoms with Crippen molar-refractivity contribution < 1.29 is 14.4 Å². The molecule has 134 valence electrons. The van der Waals surface area contributed by atoms with Crippen LogP contribution in [0.4, 0.5) is 4.79 Å². The molecule has 8 heteroatoms. The number of aromatic nitrogens is 2. The fraction of sp³-hybridized carbons (Fsp3) is 0.333. The Morgan fingerprint density at radius 3 is 2.62 bits per heavy atom. The molecule has 0 aliphatic carbocycles. The molecule has 2 aromatic rings. The Morgan fingerprint density at radius 1 is 1.23 bits per heavy atom. The van der Waals surface area contributed by atoms with Gasteiger partial charge >= 0.3 is 6.03 Å². The Kier molecular flexibility index (Phi) is 3.75. The van der Waals surface area contributed by atoms with Crippen LogP contribution in [-0.4, -0.2) is 57.1 Å². The second kappa shape index (κ2) is 5.98. The number of carbonyl (C=O) groups is 3. The van der Waals surface area contributed by atoms with Crippen molar-refractivity contribution in [2.75, 3.05) is 19.6 Å². The fourth-order valence-electron chi connectivity index (χ4n) is 3.37. The number of urea groups is 1. The summed E-state index contributed by atoms with van der Waals surface area (Å²) in [6.07, 6.45) is 3.55. The van der Waals surface area contributed by atoms with Gasteiger partial charge < -0.3 is 10.2 Å². The molecule has 0 radical (unpaired) electrons. The summed E-state index contributed by atoms with van der Waals surface area (Å²) in [7, 11) is 0. The van der Waals surface area contributed by atoms with Crippen LogP contribution in [-0.2, 0) is 15.1 Å². The number of likely N-dealkylation sites (tertiary alicyclic amines) is 1. The number of hydrogen-bond donors (Lipinski definition) is 1. The average Bonchev–Trinajstić information content (AvgIpc) is 3.18. The van der Waals surface area contributed by atoms with Gasteiger partial charge in [-0.15, -0.1) is 0 Å². The highest BCUT2D eigenvalue weighted by Gasteiger charge is 2.50. The zero-order valence-corrected chi connectivity index (χ0v) is 14.3. The van der Waals surface area contributed by atoms with E-state index in [1.807, 2.05) is 35.1 Å². The number of imide groups is 1. The largest absolute Gasteiger partial charge is 0.337 e. The molecule has 2 saturated heterocycles. The maximum Gasteiger partial charge on any atom is 0.325 e. The number of hydrogen-bond acceptors (Lipinski definition) is 4. The van der Waals surface area contributed by atoms with Gasteiger partial charge in [-0.25, -0.2) is 4.79 Å². The van der Waals surface area contributed by atoms with E-state index in [0.29, 0.717) is 18.7 Å². The van der Waals surface area contributed by atoms with Gasteiger partial charge in [0.25, 0.3) is 5.91 Å². The minimum atomic E-state index is -1.15. The Morgan fingerprint density at radius 2 is 1.96 bits per heavy atom. The van der Waals surface area contributed by atoms with Crippen molar-refractivity contribution in [3.05, 3.63) is 54.4 Å². The first-order valence-corrected chi connectivity index (χ1v) is 8.45. The van der Waals surface area contributed by atoms with Crippen LogP contribution in [0.5, 0.6) is 0 Å². The Bertz CT molecular complexity index is 845. The number of nitrogens with zero attached hydrogens (tertiary/aromatic N) is 4. The summed E-state index contributed by atoms with van der Waals surface area (Å²) < 4.78 is 1.81. The van der Waals surface area contributed by atoms with Crippen molar-refractivity contribution in [2.45, 2.75) is 18.5 Å². The van der Waals surface area contributed by atoms with E-state index in [1.165, 1.54) is 0 Å². The number of rotatable bonds is 4. The third-order valence-electron chi connectivity index (χ3n) is 5.03. The first kappa shape index (κ1) is 16.3. The lowest BCUT2D eigenvalue weighted by molar-refractivity contribution is -0.142. The summed E-state index contributed by atoms with van der Waals surface area (Å²) in [4.78, 5) is 40.2. The molecule has 1 aromatic carbocycles. The van der Waals surface area contributed by atoms with Crippen LogP contribution < -0.4 is 5.32 Å². The molecule has 1 unspecified atom stereocenters. The molecular weight excluding hydrogens is 334 g/mol. The minimum Gasteiger partial charge on any atom is -0.337 e. The fourth-order valence-corrected chi connectivity index (χ4v) is 3.37. The molecule has 1 N–H and O–H groups in total. The Balaban J connectivity index is 1.42. The van der Waals surface area contributed by atoms with Crippen molar-refractivity contribution >= 4 is 17.8 Å². The highest BCUT2D eigenvalue weighted by molar-refractivity contribution is 6.09. The van der Waals surface area contributed by atoms with E-state index in [-0.39, 0.29) is 18.5 Å². The van der Waals surface area contributed by atoms with Crippen LogP contribution in [0.2, 0.25) is 0 Å². The summed E-state index contributed by atoms with van der Waals surface area (Å²) in [5.41, 5.74) is -0.457. The van der Waals surface area contributed by atoms with Crippen molar-refractivity contribution in [1.82, 2.24) is 24.9 Å². The average molecular weight is 353 g/mol. The maximum atomic E-state index is 12.8. The van der Waals surface area contributed by atoms with Crippen molar-refractivity contribution in [2.24, 2.45) is 0 Å². The predicted molar refractivity (Wildman–Crippen MR) is 91.9 cm³/mol. The van der Waals surface area contributed by atoms with E-state index in [0.717, 1.165) is 4.90 Å². The monoisotopic (exact) mass is 353 g/mol. The molecule has 0 spiro atoms. The molecule has 1 aromatic heterocycles. The van der Waals surface area contributed by atoms with Crippen molar-refractivity contribution in [3.8, 4) is 0 Å². The van der Waals surface area contributed by atoms with Gasteiger partial charge in [0.05, 0.1) is 6.04 Å². The van der Waals surface area contributed by atoms with Crippen LogP contribution >= 0.6 is 0 Å². The van der Waals surface area contributed by atoms with Crippen LogP contribution in [0.25, 0.3) is 0 Å². The van der Waals surface area contributed by atoms with E-state index < -0.39 is 17.5 Å². The molecule has 2 aliphatic rings. The predicted octanol–water partition coefficient (Wildman–Crippen LogP) is 0.734. The molecule has 2 aliphatic heterocycles. The summed E-state index contributed by atoms with van der Waals surface area (Å²) >= 11 is 0. The normalized spacial score (nSPS) is 23.1. The van der Waals surface area contributed by atoms with Gasteiger partial charge in [0, 0.05) is 25.5 Å². The first-order chi connectivity index (χ1) is 12.5. The number of nitrogens with one attached hydrogen (secondary N) is 1. The van der Waals surface area contributed by atoms with E-state index in [9.17, 15) is 14.4 Å². The van der Waals surface area contributed by atoms with Crippen molar-refractivity contribution in [3.63, 3.8) is 0 Å². The molecule has 0 bridgehead atoms. The third-order valence-corrected chi connectivity index (χ3v) is 5.03. The zero-order chi connectivity index (χ0) is 18.3. The van der Waals surface area contributed by atoms with Gasteiger partial charge in [-0.2, -0.15) is 5.10 Å². The van der Waals surface area contributed by atoms with Gasteiger partial charge in [-0.05, 0) is 18.6 Å². The summed E-state index contributed by atoms with van der Waals surface area (Å²) in [5, 5.41) is 6.87. The summed E-state index contributed by atoms with van der Waals surface area (Å²) in [6.45, 7) is 2.46. The second-order valence-electron chi connectivity index (χ2n) is 6.75. The van der Waals surface area contributed by atoms with Gasteiger partial charge in [0.2, 0.25) is 5.91 Å². The molecule has 26 heavy (non-hydrogen) atoms. The number of benzene rings is 1. The molecule has 3 heterocycles. The van der Waals surface area contributed by atoms with E-state index in [4.69, 9.17) is 0 Å². The highest BCUT2D eigenvalue weighted by Crippen LogP contribution is 2.29. The Labute approximate surface area is 150 Å². The lowest BCUT2D eigenvalue weighted by Crippen LogP contribution is -2.54. The zero-order valence-electron chi connectivity index (χ0n) is 14.3. The van der Waals surface area contributed by atoms with Gasteiger partial charge in [0.1, 0.15) is 12.1 Å². The SMILES string of the molecule is CC1(c2ccccc2)NC(=O)N(CC(=O)N2CC(n3cccn3)C2)C1=O. The third kappa shape index (κ3) is 2.54. The number of amides is 4. The second-order valence-corrected chi connectivity index (χ2v) is 6.75. The molecule has 4 rings (SSSR count). The van der Waals surface area contributed by atoms with Crippen LogP contribution in [0, 0.1) is 0 Å². The lowest BCUT2D eigenvalue weighted by atomic mass is 9.92. The standard InChI is InChI=1S/C18H19N5O3/c1-18(13-6-3-2-4-7-13)16(25)22(17(26)20-18)12-15(24)21-10-14(11-21)23-9-5-8-19-23/h2-9,14H,10-12H2,1H3,(H,20,26). The van der Waals surface area contributed by atoms with Crippen LogP contribution in [0.3, 0.4) is 0 Å². The van der Waals surface area contributed by atoms with Crippen molar-refractivity contribution in [1.29, 1.82) is 0 Å². The molecule has 8 nitrogen and oxygen atoms in total. The molecule has 0 saturated carbocycles. The van der Waals surface area contributed by atoms with Crippen LogP contribution in [0.1, 0.15) is 18.5 Å². The van der Waals surface area contributed by atoms with E-state index in [1.54, 1.807) is 30.2 Å². The molecule has 1 atom stereocenters. The quantitative estimate of drug-likeness (QED) is 0.821. The molecule has 2 fully saturated rings. The van der Waals surface area contributed by atoms with Gasteiger partial charge in [0.15, 0.2) is 0 Å². The highest BCUT2D eigenvalue weighted by atomic mass is 16.2. The summed E-state index contributed by atoms with van der Waals surface area (Å²) in [5.74, 6) is -0.652. The van der Waals surface area contributed by atoms with E-state index >= 15 is 0 Å².